The molecule has 3 aromatic rings. The van der Waals surface area contributed by atoms with Crippen LogP contribution in [-0.4, -0.2) is 54.3 Å². The Labute approximate surface area is 176 Å². The summed E-state index contributed by atoms with van der Waals surface area (Å²) in [5.41, 5.74) is 1.57. The maximum Gasteiger partial charge on any atom is 0.240 e. The zero-order chi connectivity index (χ0) is 21.1. The van der Waals surface area contributed by atoms with Gasteiger partial charge in [0.05, 0.1) is 24.2 Å². The van der Waals surface area contributed by atoms with Crippen LogP contribution in [0.2, 0.25) is 0 Å². The van der Waals surface area contributed by atoms with Gasteiger partial charge in [0.1, 0.15) is 6.54 Å². The van der Waals surface area contributed by atoms with E-state index in [2.05, 4.69) is 24.1 Å². The minimum absolute atomic E-state index is 0.00467. The molecule has 1 N–H and O–H groups in total. The summed E-state index contributed by atoms with van der Waals surface area (Å²) in [6, 6.07) is 15.3. The number of carbonyl (C=O) groups is 1. The molecule has 0 spiro atoms. The van der Waals surface area contributed by atoms with Crippen LogP contribution in [0.4, 0.5) is 0 Å². The van der Waals surface area contributed by atoms with Gasteiger partial charge in [-0.1, -0.05) is 38.1 Å². The topological polar surface area (TPSA) is 63.6 Å². The monoisotopic (exact) mass is 407 g/mol. The fraction of sp³-hybridized carbons (Fsp3) is 0.417. The van der Waals surface area contributed by atoms with Crippen molar-refractivity contribution in [3.63, 3.8) is 0 Å². The number of carbonyl (C=O) groups excluding carboxylic acids is 1. The fourth-order valence-electron chi connectivity index (χ4n) is 4.36. The van der Waals surface area contributed by atoms with Crippen molar-refractivity contribution in [2.75, 3.05) is 32.8 Å². The van der Waals surface area contributed by atoms with Crippen molar-refractivity contribution in [3.05, 3.63) is 58.8 Å². The Bertz CT molecular complexity index is 1040. The molecule has 1 unspecified atom stereocenters. The number of fused-ring (bicyclic) bond motifs is 2. The summed E-state index contributed by atoms with van der Waals surface area (Å²) in [6.45, 7) is 8.44. The number of para-hydroxylation sites is 2. The van der Waals surface area contributed by atoms with Gasteiger partial charge in [-0.05, 0) is 30.2 Å². The minimum Gasteiger partial charge on any atom is -0.379 e. The number of benzene rings is 2. The van der Waals surface area contributed by atoms with Gasteiger partial charge in [0, 0.05) is 36.4 Å². The van der Waals surface area contributed by atoms with Crippen molar-refractivity contribution in [3.8, 4) is 0 Å². The molecule has 0 radical (unpaired) electrons. The first-order chi connectivity index (χ1) is 14.6. The highest BCUT2D eigenvalue weighted by Gasteiger charge is 2.24. The molecule has 0 aliphatic carbocycles. The van der Waals surface area contributed by atoms with Crippen LogP contribution in [0, 0.1) is 5.92 Å². The lowest BCUT2D eigenvalue weighted by Gasteiger charge is -2.37. The first kappa shape index (κ1) is 20.6. The summed E-state index contributed by atoms with van der Waals surface area (Å²) in [4.78, 5) is 28.2. The van der Waals surface area contributed by atoms with Gasteiger partial charge in [-0.3, -0.25) is 14.5 Å². The summed E-state index contributed by atoms with van der Waals surface area (Å²) in [7, 11) is 0. The molecule has 6 nitrogen and oxygen atoms in total. The van der Waals surface area contributed by atoms with E-state index in [0.29, 0.717) is 23.2 Å². The number of hydrogen-bond donors (Lipinski definition) is 1. The smallest absolute Gasteiger partial charge is 0.240 e. The van der Waals surface area contributed by atoms with Crippen LogP contribution in [0.25, 0.3) is 21.8 Å². The lowest BCUT2D eigenvalue weighted by atomic mass is 10.0. The lowest BCUT2D eigenvalue weighted by molar-refractivity contribution is -0.122. The molecule has 0 saturated carbocycles. The van der Waals surface area contributed by atoms with E-state index in [1.54, 1.807) is 0 Å². The Balaban J connectivity index is 1.58. The maximum absolute atomic E-state index is 12.9. The average molecular weight is 408 g/mol. The number of nitrogens with zero attached hydrogens (tertiary/aromatic N) is 2. The second kappa shape index (κ2) is 8.98. The third-order valence-corrected chi connectivity index (χ3v) is 5.97. The number of nitrogens with one attached hydrogen (secondary N) is 1. The first-order valence-electron chi connectivity index (χ1n) is 10.6. The summed E-state index contributed by atoms with van der Waals surface area (Å²) in [5.74, 6) is 0.380. The van der Waals surface area contributed by atoms with Crippen molar-refractivity contribution in [1.82, 2.24) is 14.8 Å². The third-order valence-electron chi connectivity index (χ3n) is 5.97. The fourth-order valence-corrected chi connectivity index (χ4v) is 4.36. The second-order valence-corrected chi connectivity index (χ2v) is 8.21. The van der Waals surface area contributed by atoms with Crippen molar-refractivity contribution < 1.29 is 9.53 Å². The van der Waals surface area contributed by atoms with Gasteiger partial charge < -0.3 is 14.6 Å². The van der Waals surface area contributed by atoms with E-state index in [9.17, 15) is 9.59 Å². The summed E-state index contributed by atoms with van der Waals surface area (Å²) >= 11 is 0. The third kappa shape index (κ3) is 4.11. The number of amides is 1. The molecule has 4 rings (SSSR count). The van der Waals surface area contributed by atoms with Gasteiger partial charge in [-0.2, -0.15) is 0 Å². The normalized spacial score (nSPS) is 16.2. The molecule has 1 fully saturated rings. The Hall–Kier alpha value is -2.70. The lowest BCUT2D eigenvalue weighted by Crippen LogP contribution is -2.51. The number of ether oxygens (including phenoxy) is 1. The Morgan fingerprint density at radius 1 is 1.00 bits per heavy atom. The van der Waals surface area contributed by atoms with Crippen LogP contribution >= 0.6 is 0 Å². The van der Waals surface area contributed by atoms with Crippen LogP contribution in [0.5, 0.6) is 0 Å². The van der Waals surface area contributed by atoms with Crippen molar-refractivity contribution in [2.24, 2.45) is 5.92 Å². The van der Waals surface area contributed by atoms with E-state index in [0.717, 1.165) is 37.3 Å². The molecule has 158 valence electrons. The molecule has 1 aromatic heterocycles. The van der Waals surface area contributed by atoms with E-state index in [-0.39, 0.29) is 23.9 Å². The van der Waals surface area contributed by atoms with Crippen LogP contribution in [0.1, 0.15) is 13.8 Å². The van der Waals surface area contributed by atoms with Crippen LogP contribution in [0.3, 0.4) is 0 Å². The highest BCUT2D eigenvalue weighted by Crippen LogP contribution is 2.19. The quantitative estimate of drug-likeness (QED) is 0.638. The predicted molar refractivity (Wildman–Crippen MR) is 120 cm³/mol. The molecule has 1 atom stereocenters. The summed E-state index contributed by atoms with van der Waals surface area (Å²) in [6.07, 6.45) is 0. The van der Waals surface area contributed by atoms with Crippen molar-refractivity contribution in [1.29, 1.82) is 0 Å². The molecule has 1 aliphatic rings. The molecule has 30 heavy (non-hydrogen) atoms. The van der Waals surface area contributed by atoms with E-state index in [4.69, 9.17) is 4.74 Å². The molecule has 6 heteroatoms. The van der Waals surface area contributed by atoms with E-state index >= 15 is 0 Å². The molecule has 2 heterocycles. The molecule has 1 saturated heterocycles. The van der Waals surface area contributed by atoms with E-state index in [1.807, 2.05) is 53.1 Å². The molecular weight excluding hydrogens is 378 g/mol. The zero-order valence-electron chi connectivity index (χ0n) is 17.6. The standard InChI is InChI=1S/C24H29N3O3/c1-17(2)22(26-11-13-30-14-12-26)15-25-23(28)16-27-20-9-5-3-7-18(20)24(29)19-8-4-6-10-21(19)27/h3-10,17,22H,11-16H2,1-2H3,(H,25,28). The number of pyridine rings is 1. The van der Waals surface area contributed by atoms with Crippen LogP contribution in [-0.2, 0) is 16.1 Å². The largest absolute Gasteiger partial charge is 0.379 e. The maximum atomic E-state index is 12.9. The first-order valence-corrected chi connectivity index (χ1v) is 10.6. The molecule has 0 bridgehead atoms. The predicted octanol–water partition coefficient (Wildman–Crippen LogP) is 2.63. The molecule has 1 aliphatic heterocycles. The van der Waals surface area contributed by atoms with Gasteiger partial charge in [0.2, 0.25) is 5.91 Å². The van der Waals surface area contributed by atoms with Crippen LogP contribution in [0.15, 0.2) is 53.3 Å². The average Bonchev–Trinajstić information content (AvgIpc) is 2.77. The number of rotatable bonds is 6. The summed E-state index contributed by atoms with van der Waals surface area (Å²) in [5, 5.41) is 4.41. The number of morpholine rings is 1. The number of aromatic nitrogens is 1. The zero-order valence-corrected chi connectivity index (χ0v) is 17.6. The molecule has 1 amide bonds. The number of hydrogen-bond acceptors (Lipinski definition) is 4. The Kier molecular flexibility index (Phi) is 6.16. The van der Waals surface area contributed by atoms with Crippen molar-refractivity contribution in [2.45, 2.75) is 26.4 Å². The van der Waals surface area contributed by atoms with E-state index < -0.39 is 0 Å². The summed E-state index contributed by atoms with van der Waals surface area (Å²) < 4.78 is 7.41. The SMILES string of the molecule is CC(C)C(CNC(=O)Cn1c2ccccc2c(=O)c2ccccc21)N1CCOCC1. The minimum atomic E-state index is -0.0483. The van der Waals surface area contributed by atoms with Gasteiger partial charge in [0.25, 0.3) is 0 Å². The Morgan fingerprint density at radius 3 is 2.13 bits per heavy atom. The molecule has 2 aromatic carbocycles. The highest BCUT2D eigenvalue weighted by atomic mass is 16.5. The Morgan fingerprint density at radius 2 is 1.57 bits per heavy atom. The highest BCUT2D eigenvalue weighted by molar-refractivity contribution is 5.94. The van der Waals surface area contributed by atoms with Gasteiger partial charge >= 0.3 is 0 Å². The molecular formula is C24H29N3O3. The second-order valence-electron chi connectivity index (χ2n) is 8.21. The van der Waals surface area contributed by atoms with E-state index in [1.165, 1.54) is 0 Å². The van der Waals surface area contributed by atoms with Gasteiger partial charge in [-0.15, -0.1) is 0 Å². The van der Waals surface area contributed by atoms with Gasteiger partial charge in [0.15, 0.2) is 5.43 Å². The van der Waals surface area contributed by atoms with Crippen molar-refractivity contribution >= 4 is 27.7 Å². The van der Waals surface area contributed by atoms with Gasteiger partial charge in [-0.25, -0.2) is 0 Å². The van der Waals surface area contributed by atoms with Crippen LogP contribution < -0.4 is 10.7 Å².